The van der Waals surface area contributed by atoms with Gasteiger partial charge in [-0.05, 0) is 49.4 Å². The highest BCUT2D eigenvalue weighted by Crippen LogP contribution is 2.22. The van der Waals surface area contributed by atoms with Crippen LogP contribution in [0.25, 0.3) is 0 Å². The second kappa shape index (κ2) is 6.62. The molecule has 0 aliphatic carbocycles. The highest BCUT2D eigenvalue weighted by Gasteiger charge is 2.29. The van der Waals surface area contributed by atoms with Crippen molar-refractivity contribution in [1.82, 2.24) is 4.90 Å². The zero-order chi connectivity index (χ0) is 15.4. The van der Waals surface area contributed by atoms with Crippen molar-refractivity contribution in [2.45, 2.75) is 33.3 Å². The van der Waals surface area contributed by atoms with Crippen molar-refractivity contribution in [2.75, 3.05) is 13.1 Å². The van der Waals surface area contributed by atoms with Crippen molar-refractivity contribution in [3.05, 3.63) is 29.8 Å². The van der Waals surface area contributed by atoms with E-state index in [1.54, 1.807) is 31.2 Å². The molecule has 21 heavy (non-hydrogen) atoms. The standard InChI is InChI=1S/C17H22N2O2/c1-12-8-13(2)11-19(10-12)17(20)14(3)21-16-6-4-15(9-18)5-7-16/h4-7,12-14H,8,10-11H2,1-3H3/t12-,13+,14-/m1/s1. The van der Waals surface area contributed by atoms with Gasteiger partial charge in [0.15, 0.2) is 6.10 Å². The first kappa shape index (κ1) is 15.4. The van der Waals surface area contributed by atoms with Gasteiger partial charge in [0.2, 0.25) is 0 Å². The number of hydrogen-bond acceptors (Lipinski definition) is 3. The van der Waals surface area contributed by atoms with Crippen LogP contribution in [0.1, 0.15) is 32.8 Å². The van der Waals surface area contributed by atoms with E-state index in [2.05, 4.69) is 19.9 Å². The summed E-state index contributed by atoms with van der Waals surface area (Å²) >= 11 is 0. The minimum Gasteiger partial charge on any atom is -0.481 e. The summed E-state index contributed by atoms with van der Waals surface area (Å²) in [6.07, 6.45) is 0.671. The summed E-state index contributed by atoms with van der Waals surface area (Å²) in [4.78, 5) is 14.4. The van der Waals surface area contributed by atoms with Crippen LogP contribution in [0.3, 0.4) is 0 Å². The van der Waals surface area contributed by atoms with Gasteiger partial charge < -0.3 is 9.64 Å². The Bertz CT molecular complexity index is 523. The molecule has 2 rings (SSSR count). The molecule has 1 aromatic rings. The van der Waals surface area contributed by atoms with Gasteiger partial charge in [0.25, 0.3) is 5.91 Å². The van der Waals surface area contributed by atoms with Crippen molar-refractivity contribution in [2.24, 2.45) is 11.8 Å². The van der Waals surface area contributed by atoms with Crippen molar-refractivity contribution in [1.29, 1.82) is 5.26 Å². The lowest BCUT2D eigenvalue weighted by molar-refractivity contribution is -0.140. The van der Waals surface area contributed by atoms with Crippen molar-refractivity contribution in [3.8, 4) is 11.8 Å². The van der Waals surface area contributed by atoms with Crippen LogP contribution in [-0.4, -0.2) is 30.0 Å². The summed E-state index contributed by atoms with van der Waals surface area (Å²) in [6.45, 7) is 7.77. The summed E-state index contributed by atoms with van der Waals surface area (Å²) in [6, 6.07) is 8.90. The molecule has 0 saturated carbocycles. The molecular formula is C17H22N2O2. The Balaban J connectivity index is 1.97. The van der Waals surface area contributed by atoms with Crippen LogP contribution < -0.4 is 4.74 Å². The first-order valence-corrected chi connectivity index (χ1v) is 7.45. The van der Waals surface area contributed by atoms with Crippen LogP contribution in [-0.2, 0) is 4.79 Å². The molecule has 0 aromatic heterocycles. The number of carbonyl (C=O) groups is 1. The molecule has 0 unspecified atom stereocenters. The number of nitriles is 1. The molecule has 112 valence electrons. The van der Waals surface area contributed by atoms with Gasteiger partial charge in [-0.1, -0.05) is 13.8 Å². The predicted molar refractivity (Wildman–Crippen MR) is 80.8 cm³/mol. The molecular weight excluding hydrogens is 264 g/mol. The lowest BCUT2D eigenvalue weighted by atomic mass is 9.91. The van der Waals surface area contributed by atoms with Gasteiger partial charge in [0, 0.05) is 13.1 Å². The predicted octanol–water partition coefficient (Wildman–Crippen LogP) is 2.83. The van der Waals surface area contributed by atoms with E-state index in [0.717, 1.165) is 13.1 Å². The quantitative estimate of drug-likeness (QED) is 0.858. The molecule has 1 aliphatic rings. The first-order chi connectivity index (χ1) is 9.99. The van der Waals surface area contributed by atoms with Crippen molar-refractivity contribution in [3.63, 3.8) is 0 Å². The van der Waals surface area contributed by atoms with Crippen LogP contribution in [0.15, 0.2) is 24.3 Å². The topological polar surface area (TPSA) is 53.3 Å². The largest absolute Gasteiger partial charge is 0.481 e. The first-order valence-electron chi connectivity index (χ1n) is 7.45. The van der Waals surface area contributed by atoms with E-state index in [1.807, 2.05) is 4.90 Å². The monoisotopic (exact) mass is 286 g/mol. The molecule has 1 amide bonds. The number of amides is 1. The molecule has 1 saturated heterocycles. The zero-order valence-electron chi connectivity index (χ0n) is 12.9. The maximum absolute atomic E-state index is 12.5. The summed E-state index contributed by atoms with van der Waals surface area (Å²) in [5.74, 6) is 1.74. The highest BCUT2D eigenvalue weighted by atomic mass is 16.5. The van der Waals surface area contributed by atoms with Crippen LogP contribution in [0.5, 0.6) is 5.75 Å². The Labute approximate surface area is 126 Å². The minimum absolute atomic E-state index is 0.0396. The Morgan fingerprint density at radius 1 is 1.29 bits per heavy atom. The van der Waals surface area contributed by atoms with Crippen molar-refractivity contribution >= 4 is 5.91 Å². The zero-order valence-corrected chi connectivity index (χ0v) is 12.9. The fourth-order valence-electron chi connectivity index (χ4n) is 2.96. The fourth-order valence-corrected chi connectivity index (χ4v) is 2.96. The van der Waals surface area contributed by atoms with Gasteiger partial charge in [-0.15, -0.1) is 0 Å². The summed E-state index contributed by atoms with van der Waals surface area (Å²) in [5, 5.41) is 8.77. The number of ether oxygens (including phenoxy) is 1. The van der Waals surface area contributed by atoms with E-state index in [-0.39, 0.29) is 5.91 Å². The molecule has 4 heteroatoms. The molecule has 0 radical (unpaired) electrons. The number of benzene rings is 1. The third kappa shape index (κ3) is 3.98. The van der Waals surface area contributed by atoms with Crippen LogP contribution in [0.4, 0.5) is 0 Å². The van der Waals surface area contributed by atoms with Gasteiger partial charge in [-0.2, -0.15) is 5.26 Å². The third-order valence-corrected chi connectivity index (χ3v) is 3.82. The Morgan fingerprint density at radius 2 is 1.86 bits per heavy atom. The third-order valence-electron chi connectivity index (χ3n) is 3.82. The van der Waals surface area contributed by atoms with Crippen LogP contribution >= 0.6 is 0 Å². The van der Waals surface area contributed by atoms with Gasteiger partial charge in [-0.25, -0.2) is 0 Å². The molecule has 3 atom stereocenters. The number of likely N-dealkylation sites (tertiary alicyclic amines) is 1. The van der Waals surface area contributed by atoms with Crippen LogP contribution in [0, 0.1) is 23.2 Å². The van der Waals surface area contributed by atoms with Crippen molar-refractivity contribution < 1.29 is 9.53 Å². The average molecular weight is 286 g/mol. The van der Waals surface area contributed by atoms with E-state index >= 15 is 0 Å². The Hall–Kier alpha value is -2.02. The summed E-state index contributed by atoms with van der Waals surface area (Å²) in [5.41, 5.74) is 0.583. The van der Waals surface area contributed by atoms with E-state index in [4.69, 9.17) is 10.00 Å². The molecule has 1 aliphatic heterocycles. The molecule has 1 aromatic carbocycles. The lowest BCUT2D eigenvalue weighted by Gasteiger charge is -2.36. The molecule has 0 N–H and O–H groups in total. The second-order valence-corrected chi connectivity index (χ2v) is 6.09. The van der Waals surface area contributed by atoms with Gasteiger partial charge >= 0.3 is 0 Å². The maximum Gasteiger partial charge on any atom is 0.263 e. The van der Waals surface area contributed by atoms with Crippen LogP contribution in [0.2, 0.25) is 0 Å². The molecule has 1 fully saturated rings. The highest BCUT2D eigenvalue weighted by molar-refractivity contribution is 5.81. The summed E-state index contributed by atoms with van der Waals surface area (Å²) in [7, 11) is 0. The molecule has 0 bridgehead atoms. The van der Waals surface area contributed by atoms with E-state index in [0.29, 0.717) is 23.1 Å². The van der Waals surface area contributed by atoms with Gasteiger partial charge in [-0.3, -0.25) is 4.79 Å². The number of nitrogens with zero attached hydrogens (tertiary/aromatic N) is 2. The molecule has 0 spiro atoms. The van der Waals surface area contributed by atoms with E-state index in [9.17, 15) is 4.79 Å². The number of piperidine rings is 1. The minimum atomic E-state index is -0.504. The molecule has 4 nitrogen and oxygen atoms in total. The van der Waals surface area contributed by atoms with Gasteiger partial charge in [0.05, 0.1) is 11.6 Å². The SMILES string of the molecule is C[C@@H]1C[C@H](C)CN(C(=O)[C@@H](C)Oc2ccc(C#N)cc2)C1. The average Bonchev–Trinajstić information content (AvgIpc) is 2.46. The van der Waals surface area contributed by atoms with E-state index in [1.165, 1.54) is 6.42 Å². The normalized spacial score (nSPS) is 23.2. The summed E-state index contributed by atoms with van der Waals surface area (Å²) < 4.78 is 5.70. The fraction of sp³-hybridized carbons (Fsp3) is 0.529. The second-order valence-electron chi connectivity index (χ2n) is 6.09. The Kier molecular flexibility index (Phi) is 4.85. The lowest BCUT2D eigenvalue weighted by Crippen LogP contribution is -2.47. The number of hydrogen-bond donors (Lipinski definition) is 0. The molecule has 1 heterocycles. The number of rotatable bonds is 3. The number of carbonyl (C=O) groups excluding carboxylic acids is 1. The van der Waals surface area contributed by atoms with E-state index < -0.39 is 6.10 Å². The maximum atomic E-state index is 12.5. The Morgan fingerprint density at radius 3 is 2.38 bits per heavy atom. The smallest absolute Gasteiger partial charge is 0.263 e. The van der Waals surface area contributed by atoms with Gasteiger partial charge in [0.1, 0.15) is 5.75 Å².